The number of aromatic nitrogens is 2. The molecule has 0 fully saturated rings. The molecule has 188 valence electrons. The van der Waals surface area contributed by atoms with Gasteiger partial charge in [0.1, 0.15) is 23.7 Å². The normalized spacial score (nSPS) is 10.5. The van der Waals surface area contributed by atoms with Crippen molar-refractivity contribution >= 4 is 23.5 Å². The highest BCUT2D eigenvalue weighted by molar-refractivity contribution is 6.01. The van der Waals surface area contributed by atoms with Crippen LogP contribution in [0.25, 0.3) is 0 Å². The first kappa shape index (κ1) is 25.9. The van der Waals surface area contributed by atoms with Gasteiger partial charge in [0, 0.05) is 12.1 Å². The van der Waals surface area contributed by atoms with E-state index < -0.39 is 47.6 Å². The van der Waals surface area contributed by atoms with Crippen LogP contribution in [0.1, 0.15) is 33.2 Å². The fourth-order valence-electron chi connectivity index (χ4n) is 3.46. The number of amides is 1. The third kappa shape index (κ3) is 5.87. The number of rotatable bonds is 10. The number of hydrogen-bond donors (Lipinski definition) is 2. The summed E-state index contributed by atoms with van der Waals surface area (Å²) in [5.41, 5.74) is 5.12. The lowest BCUT2D eigenvalue weighted by Crippen LogP contribution is -2.44. The standard InChI is InChI=1S/C25H26N4O7/c1-3-28-24(33)21(22(26)29(25(28)34)14-16-8-5-4-6-9-16)19(30)15-36-20(31)13-27-23(32)17-10-7-11-18(12-17)35-2/h4-12H,3,13-15,26H2,1-2H3,(H,27,32). The largest absolute Gasteiger partial charge is 0.497 e. The van der Waals surface area contributed by atoms with Gasteiger partial charge in [-0.15, -0.1) is 0 Å². The number of hydrogen-bond acceptors (Lipinski definition) is 8. The minimum Gasteiger partial charge on any atom is -0.497 e. The zero-order valence-corrected chi connectivity index (χ0v) is 19.9. The first-order valence-electron chi connectivity index (χ1n) is 11.0. The summed E-state index contributed by atoms with van der Waals surface area (Å²) < 4.78 is 12.0. The van der Waals surface area contributed by atoms with Crippen LogP contribution in [0.2, 0.25) is 0 Å². The molecule has 1 aromatic heterocycles. The maximum atomic E-state index is 12.8. The third-order valence-electron chi connectivity index (χ3n) is 5.34. The number of esters is 1. The van der Waals surface area contributed by atoms with Crippen molar-refractivity contribution in [3.05, 3.63) is 92.1 Å². The predicted octanol–water partition coefficient (Wildman–Crippen LogP) is 0.825. The molecular formula is C25H26N4O7. The Balaban J connectivity index is 1.71. The second-order valence-electron chi connectivity index (χ2n) is 7.66. The number of ether oxygens (including phenoxy) is 2. The molecule has 11 heteroatoms. The summed E-state index contributed by atoms with van der Waals surface area (Å²) in [6, 6.07) is 15.2. The SMILES string of the molecule is CCn1c(=O)c(C(=O)COC(=O)CNC(=O)c2cccc(OC)c2)c(N)n(Cc2ccccc2)c1=O. The van der Waals surface area contributed by atoms with Crippen molar-refractivity contribution in [1.82, 2.24) is 14.5 Å². The van der Waals surface area contributed by atoms with Crippen molar-refractivity contribution in [3.8, 4) is 5.75 Å². The summed E-state index contributed by atoms with van der Waals surface area (Å²) in [7, 11) is 1.46. The van der Waals surface area contributed by atoms with E-state index in [1.54, 1.807) is 49.4 Å². The van der Waals surface area contributed by atoms with Gasteiger partial charge in [-0.25, -0.2) is 4.79 Å². The van der Waals surface area contributed by atoms with Crippen LogP contribution in [0, 0.1) is 0 Å². The molecule has 1 amide bonds. The smallest absolute Gasteiger partial charge is 0.332 e. The minimum atomic E-state index is -0.897. The molecular weight excluding hydrogens is 468 g/mol. The molecule has 0 aliphatic heterocycles. The van der Waals surface area contributed by atoms with E-state index in [9.17, 15) is 24.0 Å². The lowest BCUT2D eigenvalue weighted by Gasteiger charge is -2.16. The second kappa shape index (κ2) is 11.6. The van der Waals surface area contributed by atoms with E-state index >= 15 is 0 Å². The van der Waals surface area contributed by atoms with Gasteiger partial charge in [0.05, 0.1) is 13.7 Å². The molecule has 0 aliphatic carbocycles. The summed E-state index contributed by atoms with van der Waals surface area (Å²) in [6.45, 7) is 0.350. The topological polar surface area (TPSA) is 152 Å². The van der Waals surface area contributed by atoms with Gasteiger partial charge >= 0.3 is 11.7 Å². The predicted molar refractivity (Wildman–Crippen MR) is 131 cm³/mol. The Kier molecular flexibility index (Phi) is 8.39. The lowest BCUT2D eigenvalue weighted by atomic mass is 10.2. The zero-order valence-electron chi connectivity index (χ0n) is 19.9. The first-order chi connectivity index (χ1) is 17.3. The van der Waals surface area contributed by atoms with Gasteiger partial charge in [-0.3, -0.25) is 28.3 Å². The van der Waals surface area contributed by atoms with Gasteiger partial charge in [-0.1, -0.05) is 36.4 Å². The molecule has 3 aromatic rings. The van der Waals surface area contributed by atoms with Crippen LogP contribution in [-0.2, 0) is 22.6 Å². The summed E-state index contributed by atoms with van der Waals surface area (Å²) in [4.78, 5) is 62.7. The van der Waals surface area contributed by atoms with Gasteiger partial charge < -0.3 is 20.5 Å². The average Bonchev–Trinajstić information content (AvgIpc) is 2.89. The van der Waals surface area contributed by atoms with Crippen LogP contribution < -0.4 is 27.0 Å². The fourth-order valence-corrected chi connectivity index (χ4v) is 3.46. The van der Waals surface area contributed by atoms with Crippen molar-refractivity contribution in [2.75, 3.05) is 26.0 Å². The quantitative estimate of drug-likeness (QED) is 0.311. The zero-order chi connectivity index (χ0) is 26.2. The number of ketones is 1. The Morgan fingerprint density at radius 1 is 1.00 bits per heavy atom. The molecule has 1 heterocycles. The van der Waals surface area contributed by atoms with E-state index in [-0.39, 0.29) is 24.5 Å². The van der Waals surface area contributed by atoms with Crippen LogP contribution in [0.15, 0.2) is 64.2 Å². The number of nitrogens with one attached hydrogen (secondary N) is 1. The van der Waals surface area contributed by atoms with Crippen LogP contribution >= 0.6 is 0 Å². The number of nitrogens with two attached hydrogens (primary N) is 1. The Hall–Kier alpha value is -4.67. The van der Waals surface area contributed by atoms with Gasteiger partial charge in [0.25, 0.3) is 11.5 Å². The maximum Gasteiger partial charge on any atom is 0.332 e. The van der Waals surface area contributed by atoms with E-state index in [2.05, 4.69) is 5.32 Å². The summed E-state index contributed by atoms with van der Waals surface area (Å²) >= 11 is 0. The van der Waals surface area contributed by atoms with Crippen LogP contribution in [0.3, 0.4) is 0 Å². The molecule has 0 spiro atoms. The molecule has 0 unspecified atom stereocenters. The highest BCUT2D eigenvalue weighted by Gasteiger charge is 2.23. The lowest BCUT2D eigenvalue weighted by molar-refractivity contribution is -0.141. The Bertz CT molecular complexity index is 1390. The van der Waals surface area contributed by atoms with E-state index in [1.165, 1.54) is 13.2 Å². The van der Waals surface area contributed by atoms with Crippen molar-refractivity contribution < 1.29 is 23.9 Å². The molecule has 0 radical (unpaired) electrons. The van der Waals surface area contributed by atoms with E-state index in [0.29, 0.717) is 5.75 Å². The van der Waals surface area contributed by atoms with Gasteiger partial charge in [-0.2, -0.15) is 0 Å². The number of carbonyl (C=O) groups excluding carboxylic acids is 3. The van der Waals surface area contributed by atoms with Crippen molar-refractivity contribution in [2.24, 2.45) is 0 Å². The molecule has 0 saturated carbocycles. The van der Waals surface area contributed by atoms with Crippen LogP contribution in [0.4, 0.5) is 5.82 Å². The third-order valence-corrected chi connectivity index (χ3v) is 5.34. The monoisotopic (exact) mass is 494 g/mol. The second-order valence-corrected chi connectivity index (χ2v) is 7.66. The maximum absolute atomic E-state index is 12.8. The molecule has 0 saturated heterocycles. The Labute approximate surface area is 206 Å². The van der Waals surface area contributed by atoms with Crippen LogP contribution in [0.5, 0.6) is 5.75 Å². The number of carbonyl (C=O) groups is 3. The van der Waals surface area contributed by atoms with E-state index in [0.717, 1.165) is 14.7 Å². The molecule has 0 bridgehead atoms. The Morgan fingerprint density at radius 3 is 2.39 bits per heavy atom. The first-order valence-corrected chi connectivity index (χ1v) is 11.0. The van der Waals surface area contributed by atoms with Crippen molar-refractivity contribution in [3.63, 3.8) is 0 Å². The molecule has 36 heavy (non-hydrogen) atoms. The van der Waals surface area contributed by atoms with E-state index in [4.69, 9.17) is 15.2 Å². The van der Waals surface area contributed by atoms with E-state index in [1.807, 2.05) is 6.07 Å². The molecule has 11 nitrogen and oxygen atoms in total. The summed E-state index contributed by atoms with van der Waals surface area (Å²) in [5.74, 6) is -2.15. The molecule has 0 aliphatic rings. The minimum absolute atomic E-state index is 0.0170. The summed E-state index contributed by atoms with van der Waals surface area (Å²) in [5, 5.41) is 2.38. The molecule has 3 rings (SSSR count). The highest BCUT2D eigenvalue weighted by Crippen LogP contribution is 2.12. The fraction of sp³-hybridized carbons (Fsp3) is 0.240. The van der Waals surface area contributed by atoms with Crippen molar-refractivity contribution in [1.29, 1.82) is 0 Å². The average molecular weight is 495 g/mol. The van der Waals surface area contributed by atoms with Gasteiger partial charge in [-0.05, 0) is 30.7 Å². The number of nitrogens with zero attached hydrogens (tertiary/aromatic N) is 2. The van der Waals surface area contributed by atoms with Crippen LogP contribution in [-0.4, -0.2) is 47.1 Å². The summed E-state index contributed by atoms with van der Waals surface area (Å²) in [6.07, 6.45) is 0. The molecule has 3 N–H and O–H groups in total. The number of anilines is 1. The van der Waals surface area contributed by atoms with Gasteiger partial charge in [0.2, 0.25) is 5.78 Å². The number of benzene rings is 2. The highest BCUT2D eigenvalue weighted by atomic mass is 16.5. The number of Topliss-reactive ketones (excluding diaryl/α,β-unsaturated/α-hetero) is 1. The van der Waals surface area contributed by atoms with Gasteiger partial charge in [0.15, 0.2) is 6.61 Å². The Morgan fingerprint density at radius 2 is 1.72 bits per heavy atom. The number of nitrogen functional groups attached to an aromatic ring is 1. The van der Waals surface area contributed by atoms with Crippen molar-refractivity contribution in [2.45, 2.75) is 20.0 Å². The molecule has 0 atom stereocenters. The molecule has 2 aromatic carbocycles. The number of methoxy groups -OCH3 is 1.